The molecule has 1 heterocycles. The van der Waals surface area contributed by atoms with E-state index >= 15 is 0 Å². The number of ether oxygens (including phenoxy) is 2. The fourth-order valence-corrected chi connectivity index (χ4v) is 3.30. The second-order valence-electron chi connectivity index (χ2n) is 6.80. The van der Waals surface area contributed by atoms with Crippen LogP contribution in [-0.4, -0.2) is 24.1 Å². The van der Waals surface area contributed by atoms with Crippen molar-refractivity contribution in [3.63, 3.8) is 0 Å². The molecular weight excluding hydrogens is 300 g/mol. The Kier molecular flexibility index (Phi) is 8.48. The van der Waals surface area contributed by atoms with Gasteiger partial charge >= 0.3 is 0 Å². The van der Waals surface area contributed by atoms with Gasteiger partial charge in [-0.25, -0.2) is 0 Å². The summed E-state index contributed by atoms with van der Waals surface area (Å²) in [4.78, 5) is 11.7. The van der Waals surface area contributed by atoms with Crippen LogP contribution in [-0.2, 0) is 20.9 Å². The van der Waals surface area contributed by atoms with Crippen molar-refractivity contribution in [2.75, 3.05) is 0 Å². The highest BCUT2D eigenvalue weighted by atomic mass is 16.5. The minimum atomic E-state index is 0.0839. The average Bonchev–Trinajstić information content (AvgIpc) is 2.62. The minimum Gasteiger partial charge on any atom is -0.372 e. The van der Waals surface area contributed by atoms with Crippen molar-refractivity contribution < 1.29 is 14.3 Å². The first kappa shape index (κ1) is 19.1. The maximum atomic E-state index is 11.7. The molecule has 0 saturated carbocycles. The molecule has 1 fully saturated rings. The topological polar surface area (TPSA) is 35.5 Å². The molecule has 0 amide bonds. The lowest BCUT2D eigenvalue weighted by atomic mass is 9.94. The molecule has 1 aromatic rings. The van der Waals surface area contributed by atoms with E-state index < -0.39 is 0 Å². The van der Waals surface area contributed by atoms with E-state index in [9.17, 15) is 4.79 Å². The van der Waals surface area contributed by atoms with Crippen LogP contribution in [0, 0.1) is 0 Å². The maximum Gasteiger partial charge on any atom is 0.135 e. The molecule has 0 aliphatic carbocycles. The summed E-state index contributed by atoms with van der Waals surface area (Å²) in [6, 6.07) is 10.3. The lowest BCUT2D eigenvalue weighted by Crippen LogP contribution is -2.41. The number of hydrogen-bond donors (Lipinski definition) is 0. The first-order valence-electron chi connectivity index (χ1n) is 9.55. The molecule has 3 heteroatoms. The van der Waals surface area contributed by atoms with Crippen LogP contribution in [0.2, 0.25) is 0 Å². The highest BCUT2D eigenvalue weighted by molar-refractivity contribution is 5.78. The fourth-order valence-electron chi connectivity index (χ4n) is 3.30. The molecular formula is C21H32O3. The number of ketones is 1. The quantitative estimate of drug-likeness (QED) is 0.561. The Morgan fingerprint density at radius 3 is 2.67 bits per heavy atom. The van der Waals surface area contributed by atoms with Crippen LogP contribution < -0.4 is 0 Å². The SMILES string of the molecule is CCCCC[C@H]1O[C@H](CC(=O)CC)CC[C@@H]1OCc1ccccc1. The number of unbranched alkanes of at least 4 members (excludes halogenated alkanes) is 2. The summed E-state index contributed by atoms with van der Waals surface area (Å²) in [5, 5.41) is 0. The highest BCUT2D eigenvalue weighted by Gasteiger charge is 2.32. The van der Waals surface area contributed by atoms with Gasteiger partial charge in [0.25, 0.3) is 0 Å². The predicted octanol–water partition coefficient (Wildman–Crippen LogP) is 5.07. The van der Waals surface area contributed by atoms with Crippen LogP contribution >= 0.6 is 0 Å². The second-order valence-corrected chi connectivity index (χ2v) is 6.80. The van der Waals surface area contributed by atoms with Gasteiger partial charge in [0.2, 0.25) is 0 Å². The second kappa shape index (κ2) is 10.6. The van der Waals surface area contributed by atoms with Gasteiger partial charge in [0.05, 0.1) is 24.9 Å². The summed E-state index contributed by atoms with van der Waals surface area (Å²) in [5.41, 5.74) is 1.20. The van der Waals surface area contributed by atoms with Gasteiger partial charge in [-0.05, 0) is 24.8 Å². The Morgan fingerprint density at radius 2 is 1.96 bits per heavy atom. The maximum absolute atomic E-state index is 11.7. The molecule has 3 atom stereocenters. The Morgan fingerprint density at radius 1 is 1.17 bits per heavy atom. The summed E-state index contributed by atoms with van der Waals surface area (Å²) < 4.78 is 12.4. The van der Waals surface area contributed by atoms with E-state index in [4.69, 9.17) is 9.47 Å². The summed E-state index contributed by atoms with van der Waals surface area (Å²) in [6.07, 6.45) is 8.08. The lowest BCUT2D eigenvalue weighted by Gasteiger charge is -2.36. The Hall–Kier alpha value is -1.19. The number of carbonyl (C=O) groups excluding carboxylic acids is 1. The Bertz CT molecular complexity index is 471. The van der Waals surface area contributed by atoms with Crippen LogP contribution in [0.5, 0.6) is 0 Å². The zero-order valence-corrected chi connectivity index (χ0v) is 15.2. The standard InChI is InChI=1S/C21H32O3/c1-3-5-7-12-21-20(23-16-17-10-8-6-9-11-17)14-13-19(24-21)15-18(22)4-2/h6,8-11,19-21H,3-5,7,12-16H2,1-2H3/t19-,20-,21+/m0/s1. The van der Waals surface area contributed by atoms with Crippen LogP contribution in [0.25, 0.3) is 0 Å². The predicted molar refractivity (Wildman–Crippen MR) is 97.0 cm³/mol. The highest BCUT2D eigenvalue weighted by Crippen LogP contribution is 2.28. The molecule has 1 saturated heterocycles. The smallest absolute Gasteiger partial charge is 0.135 e. The summed E-state index contributed by atoms with van der Waals surface area (Å²) in [5.74, 6) is 0.302. The third kappa shape index (κ3) is 6.37. The number of hydrogen-bond acceptors (Lipinski definition) is 3. The van der Waals surface area contributed by atoms with E-state index in [0.29, 0.717) is 25.2 Å². The molecule has 24 heavy (non-hydrogen) atoms. The molecule has 0 unspecified atom stereocenters. The molecule has 0 radical (unpaired) electrons. The Balaban J connectivity index is 1.88. The normalized spacial score (nSPS) is 24.0. The molecule has 1 aromatic carbocycles. The van der Waals surface area contributed by atoms with Gasteiger partial charge in [-0.3, -0.25) is 4.79 Å². The van der Waals surface area contributed by atoms with E-state index in [1.165, 1.54) is 24.8 Å². The Labute approximate surface area is 146 Å². The third-order valence-corrected chi connectivity index (χ3v) is 4.80. The molecule has 3 nitrogen and oxygen atoms in total. The van der Waals surface area contributed by atoms with Crippen molar-refractivity contribution in [3.05, 3.63) is 35.9 Å². The molecule has 134 valence electrons. The number of rotatable bonds is 10. The van der Waals surface area contributed by atoms with Gasteiger partial charge in [0.1, 0.15) is 5.78 Å². The van der Waals surface area contributed by atoms with Crippen molar-refractivity contribution in [2.45, 2.75) is 90.1 Å². The summed E-state index contributed by atoms with van der Waals surface area (Å²) in [7, 11) is 0. The average molecular weight is 332 g/mol. The number of benzene rings is 1. The van der Waals surface area contributed by atoms with Crippen molar-refractivity contribution in [3.8, 4) is 0 Å². The van der Waals surface area contributed by atoms with Crippen molar-refractivity contribution in [2.24, 2.45) is 0 Å². The van der Waals surface area contributed by atoms with Crippen LogP contribution in [0.3, 0.4) is 0 Å². The van der Waals surface area contributed by atoms with Gasteiger partial charge in [-0.15, -0.1) is 0 Å². The van der Waals surface area contributed by atoms with Crippen LogP contribution in [0.15, 0.2) is 30.3 Å². The number of Topliss-reactive ketones (excluding diaryl/α,β-unsaturated/α-hetero) is 1. The van der Waals surface area contributed by atoms with Crippen molar-refractivity contribution in [1.29, 1.82) is 0 Å². The third-order valence-electron chi connectivity index (χ3n) is 4.80. The minimum absolute atomic E-state index is 0.0839. The first-order chi connectivity index (χ1) is 11.7. The zero-order chi connectivity index (χ0) is 17.2. The van der Waals surface area contributed by atoms with E-state index in [1.54, 1.807) is 0 Å². The van der Waals surface area contributed by atoms with Crippen LogP contribution in [0.4, 0.5) is 0 Å². The molecule has 1 aliphatic rings. The van der Waals surface area contributed by atoms with E-state index in [0.717, 1.165) is 19.3 Å². The monoisotopic (exact) mass is 332 g/mol. The van der Waals surface area contributed by atoms with Gasteiger partial charge in [-0.2, -0.15) is 0 Å². The fraction of sp³-hybridized carbons (Fsp3) is 0.667. The molecule has 0 N–H and O–H groups in total. The number of carbonyl (C=O) groups is 1. The van der Waals surface area contributed by atoms with Crippen molar-refractivity contribution >= 4 is 5.78 Å². The molecule has 0 aromatic heterocycles. The molecule has 2 rings (SSSR count). The van der Waals surface area contributed by atoms with Crippen molar-refractivity contribution in [1.82, 2.24) is 0 Å². The molecule has 0 bridgehead atoms. The lowest BCUT2D eigenvalue weighted by molar-refractivity contribution is -0.153. The van der Waals surface area contributed by atoms with Gasteiger partial charge in [0, 0.05) is 12.8 Å². The van der Waals surface area contributed by atoms with Crippen LogP contribution in [0.1, 0.15) is 70.8 Å². The summed E-state index contributed by atoms with van der Waals surface area (Å²) in [6.45, 7) is 4.78. The largest absolute Gasteiger partial charge is 0.372 e. The zero-order valence-electron chi connectivity index (χ0n) is 15.2. The van der Waals surface area contributed by atoms with E-state index in [2.05, 4.69) is 19.1 Å². The molecule has 0 spiro atoms. The van der Waals surface area contributed by atoms with Gasteiger partial charge < -0.3 is 9.47 Å². The van der Waals surface area contributed by atoms with E-state index in [-0.39, 0.29) is 18.3 Å². The van der Waals surface area contributed by atoms with Gasteiger partial charge in [-0.1, -0.05) is 63.4 Å². The molecule has 1 aliphatic heterocycles. The van der Waals surface area contributed by atoms with E-state index in [1.807, 2.05) is 25.1 Å². The van der Waals surface area contributed by atoms with Gasteiger partial charge in [0.15, 0.2) is 0 Å². The summed E-state index contributed by atoms with van der Waals surface area (Å²) >= 11 is 0. The first-order valence-corrected chi connectivity index (χ1v) is 9.55.